The molecule has 0 spiro atoms. The number of aryl methyl sites for hydroxylation is 2. The zero-order chi connectivity index (χ0) is 15.7. The van der Waals surface area contributed by atoms with E-state index in [2.05, 4.69) is 21.2 Å². The number of anilines is 1. The number of carbonyl (C=O) groups is 2. The van der Waals surface area contributed by atoms with E-state index < -0.39 is 24.1 Å². The van der Waals surface area contributed by atoms with Crippen molar-refractivity contribution in [1.29, 1.82) is 0 Å². The second kappa shape index (κ2) is 6.03. The fourth-order valence-electron chi connectivity index (χ4n) is 2.53. The van der Waals surface area contributed by atoms with Crippen molar-refractivity contribution in [3.05, 3.63) is 27.7 Å². The Balaban J connectivity index is 2.20. The van der Waals surface area contributed by atoms with Gasteiger partial charge < -0.3 is 20.4 Å². The third-order valence-corrected chi connectivity index (χ3v) is 4.11. The van der Waals surface area contributed by atoms with Gasteiger partial charge in [-0.3, -0.25) is 0 Å². The van der Waals surface area contributed by atoms with E-state index in [9.17, 15) is 14.7 Å². The van der Waals surface area contributed by atoms with Crippen LogP contribution in [-0.2, 0) is 4.79 Å². The molecule has 0 bridgehead atoms. The molecule has 1 aliphatic heterocycles. The van der Waals surface area contributed by atoms with Gasteiger partial charge in [0.1, 0.15) is 6.04 Å². The lowest BCUT2D eigenvalue weighted by atomic mass is 10.1. The van der Waals surface area contributed by atoms with Crippen molar-refractivity contribution in [1.82, 2.24) is 4.90 Å². The standard InChI is InChI=1S/C14H17BrN2O4/c1-7-3-8(2)12(10(15)4-7)16-14(21)17-6-9(18)5-11(17)13(19)20/h3-4,9,11,18H,5-6H2,1-2H3,(H,16,21)(H,19,20)/t9-,11+/m1/s1. The fourth-order valence-corrected chi connectivity index (χ4v) is 3.30. The number of aliphatic hydroxyl groups excluding tert-OH is 1. The number of urea groups is 1. The van der Waals surface area contributed by atoms with Crippen LogP contribution < -0.4 is 5.32 Å². The highest BCUT2D eigenvalue weighted by molar-refractivity contribution is 9.10. The molecule has 0 aromatic heterocycles. The maximum Gasteiger partial charge on any atom is 0.326 e. The summed E-state index contributed by atoms with van der Waals surface area (Å²) in [5.41, 5.74) is 2.54. The molecule has 0 aliphatic carbocycles. The second-order valence-electron chi connectivity index (χ2n) is 5.26. The molecule has 7 heteroatoms. The molecule has 0 unspecified atom stereocenters. The Morgan fingerprint density at radius 3 is 2.62 bits per heavy atom. The zero-order valence-corrected chi connectivity index (χ0v) is 13.3. The van der Waals surface area contributed by atoms with Crippen LogP contribution in [0.4, 0.5) is 10.5 Å². The van der Waals surface area contributed by atoms with Crippen LogP contribution in [0.2, 0.25) is 0 Å². The SMILES string of the molecule is Cc1cc(C)c(NC(=O)N2C[C@H](O)C[C@H]2C(=O)O)c(Br)c1. The largest absolute Gasteiger partial charge is 0.480 e. The average molecular weight is 357 g/mol. The minimum Gasteiger partial charge on any atom is -0.480 e. The number of nitrogens with zero attached hydrogens (tertiary/aromatic N) is 1. The van der Waals surface area contributed by atoms with E-state index in [1.807, 2.05) is 26.0 Å². The monoisotopic (exact) mass is 356 g/mol. The number of β-amino-alcohol motifs (C(OH)–C–C–N with tert-alkyl or cyclic N) is 1. The van der Waals surface area contributed by atoms with Gasteiger partial charge in [-0.1, -0.05) is 6.07 Å². The normalized spacial score (nSPS) is 21.4. The van der Waals surface area contributed by atoms with Crippen LogP contribution in [0.3, 0.4) is 0 Å². The second-order valence-corrected chi connectivity index (χ2v) is 6.12. The minimum atomic E-state index is -1.11. The molecule has 1 aromatic rings. The summed E-state index contributed by atoms with van der Waals surface area (Å²) in [6, 6.07) is 2.28. The summed E-state index contributed by atoms with van der Waals surface area (Å²) in [7, 11) is 0. The number of benzene rings is 1. The highest BCUT2D eigenvalue weighted by atomic mass is 79.9. The first kappa shape index (κ1) is 15.8. The Hall–Kier alpha value is -1.60. The maximum atomic E-state index is 12.3. The van der Waals surface area contributed by atoms with E-state index in [-0.39, 0.29) is 13.0 Å². The Morgan fingerprint density at radius 1 is 1.38 bits per heavy atom. The van der Waals surface area contributed by atoms with Gasteiger partial charge in [0.2, 0.25) is 0 Å². The summed E-state index contributed by atoms with van der Waals surface area (Å²) >= 11 is 3.39. The van der Waals surface area contributed by atoms with Gasteiger partial charge >= 0.3 is 12.0 Å². The number of halogens is 1. The van der Waals surface area contributed by atoms with Crippen molar-refractivity contribution < 1.29 is 19.8 Å². The molecule has 1 fully saturated rings. The minimum absolute atomic E-state index is 0.0192. The van der Waals surface area contributed by atoms with E-state index in [1.165, 1.54) is 0 Å². The number of amides is 2. The Kier molecular flexibility index (Phi) is 4.53. The summed E-state index contributed by atoms with van der Waals surface area (Å²) in [5.74, 6) is -1.11. The molecule has 21 heavy (non-hydrogen) atoms. The molecular weight excluding hydrogens is 340 g/mol. The van der Waals surface area contributed by atoms with Crippen molar-refractivity contribution in [3.8, 4) is 0 Å². The summed E-state index contributed by atoms with van der Waals surface area (Å²) in [5, 5.41) is 21.4. The van der Waals surface area contributed by atoms with Gasteiger partial charge in [-0.15, -0.1) is 0 Å². The van der Waals surface area contributed by atoms with Gasteiger partial charge in [0.15, 0.2) is 0 Å². The Bertz CT molecular complexity index is 567. The lowest BCUT2D eigenvalue weighted by Gasteiger charge is -2.22. The molecule has 1 aliphatic rings. The van der Waals surface area contributed by atoms with Crippen molar-refractivity contribution in [2.75, 3.05) is 11.9 Å². The maximum absolute atomic E-state index is 12.3. The number of carboxylic acid groups (broad SMARTS) is 1. The number of aliphatic hydroxyl groups is 1. The first-order valence-corrected chi connectivity index (χ1v) is 7.34. The molecule has 114 valence electrons. The lowest BCUT2D eigenvalue weighted by molar-refractivity contribution is -0.141. The van der Waals surface area contributed by atoms with Crippen LogP contribution in [0.5, 0.6) is 0 Å². The molecule has 1 aromatic carbocycles. The first-order valence-electron chi connectivity index (χ1n) is 6.55. The fraction of sp³-hybridized carbons (Fsp3) is 0.429. The van der Waals surface area contributed by atoms with Crippen molar-refractivity contribution >= 4 is 33.6 Å². The molecule has 2 atom stereocenters. The van der Waals surface area contributed by atoms with Gasteiger partial charge in [-0.05, 0) is 47.0 Å². The quantitative estimate of drug-likeness (QED) is 0.756. The van der Waals surface area contributed by atoms with E-state index in [0.29, 0.717) is 5.69 Å². The van der Waals surface area contributed by atoms with E-state index >= 15 is 0 Å². The van der Waals surface area contributed by atoms with Crippen LogP contribution in [0.1, 0.15) is 17.5 Å². The number of aliphatic carboxylic acids is 1. The van der Waals surface area contributed by atoms with Gasteiger partial charge in [0.05, 0.1) is 11.8 Å². The topological polar surface area (TPSA) is 89.9 Å². The highest BCUT2D eigenvalue weighted by Crippen LogP contribution is 2.29. The van der Waals surface area contributed by atoms with Crippen molar-refractivity contribution in [3.63, 3.8) is 0 Å². The van der Waals surface area contributed by atoms with E-state index in [1.54, 1.807) is 0 Å². The van der Waals surface area contributed by atoms with Gasteiger partial charge in [0.25, 0.3) is 0 Å². The zero-order valence-electron chi connectivity index (χ0n) is 11.8. The van der Waals surface area contributed by atoms with Crippen LogP contribution in [0.25, 0.3) is 0 Å². The first-order chi connectivity index (χ1) is 9.79. The molecule has 0 saturated carbocycles. The Labute approximate surface area is 130 Å². The van der Waals surface area contributed by atoms with Crippen LogP contribution in [0, 0.1) is 13.8 Å². The Morgan fingerprint density at radius 2 is 2.05 bits per heavy atom. The average Bonchev–Trinajstić information content (AvgIpc) is 2.76. The van der Waals surface area contributed by atoms with Crippen LogP contribution in [0.15, 0.2) is 16.6 Å². The molecule has 1 saturated heterocycles. The molecule has 1 heterocycles. The number of nitrogens with one attached hydrogen (secondary N) is 1. The summed E-state index contributed by atoms with van der Waals surface area (Å²) in [6.07, 6.45) is -0.754. The molecular formula is C14H17BrN2O4. The number of carboxylic acids is 1. The molecule has 3 N–H and O–H groups in total. The predicted octanol–water partition coefficient (Wildman–Crippen LogP) is 2.12. The molecule has 2 rings (SSSR count). The third kappa shape index (κ3) is 3.36. The van der Waals surface area contributed by atoms with Crippen molar-refractivity contribution in [2.24, 2.45) is 0 Å². The highest BCUT2D eigenvalue weighted by Gasteiger charge is 2.39. The number of hydrogen-bond donors (Lipinski definition) is 3. The summed E-state index contributed by atoms with van der Waals surface area (Å²) in [4.78, 5) is 24.6. The van der Waals surface area contributed by atoms with E-state index in [4.69, 9.17) is 5.11 Å². The smallest absolute Gasteiger partial charge is 0.326 e. The number of hydrogen-bond acceptors (Lipinski definition) is 3. The van der Waals surface area contributed by atoms with Crippen molar-refractivity contribution in [2.45, 2.75) is 32.4 Å². The molecule has 6 nitrogen and oxygen atoms in total. The van der Waals surface area contributed by atoms with Crippen LogP contribution in [-0.4, -0.2) is 45.8 Å². The van der Waals surface area contributed by atoms with Gasteiger partial charge in [-0.25, -0.2) is 9.59 Å². The van der Waals surface area contributed by atoms with Gasteiger partial charge in [-0.2, -0.15) is 0 Å². The third-order valence-electron chi connectivity index (χ3n) is 3.49. The van der Waals surface area contributed by atoms with Crippen LogP contribution >= 0.6 is 15.9 Å². The predicted molar refractivity (Wildman–Crippen MR) is 81.4 cm³/mol. The summed E-state index contributed by atoms with van der Waals surface area (Å²) in [6.45, 7) is 3.83. The van der Waals surface area contributed by atoms with E-state index in [0.717, 1.165) is 20.5 Å². The number of carbonyl (C=O) groups excluding carboxylic acids is 1. The number of rotatable bonds is 2. The molecule has 0 radical (unpaired) electrons. The molecule has 2 amide bonds. The van der Waals surface area contributed by atoms with Gasteiger partial charge in [0, 0.05) is 17.4 Å². The summed E-state index contributed by atoms with van der Waals surface area (Å²) < 4.78 is 0.736. The number of likely N-dealkylation sites (tertiary alicyclic amines) is 1. The lowest BCUT2D eigenvalue weighted by Crippen LogP contribution is -2.43.